The van der Waals surface area contributed by atoms with Crippen LogP contribution in [0.25, 0.3) is 0 Å². The minimum atomic E-state index is -0.837. The molecule has 74 valence electrons. The summed E-state index contributed by atoms with van der Waals surface area (Å²) < 4.78 is 13.2. The highest BCUT2D eigenvalue weighted by Gasteiger charge is 2.41. The van der Waals surface area contributed by atoms with E-state index in [1.54, 1.807) is 7.11 Å². The molecule has 1 saturated heterocycles. The van der Waals surface area contributed by atoms with E-state index >= 15 is 0 Å². The standard InChI is InChI=1S/C10H12NO2P/c1-12-14-11-9(7-13-14)6-8-4-2-3-5-10(8)11/h2-5,9H,6-7H2,1H3. The molecule has 0 amide bonds. The molecular formula is C10H12NO2P. The smallest absolute Gasteiger partial charge is 0.290 e. The molecule has 0 saturated carbocycles. The zero-order chi connectivity index (χ0) is 9.54. The number of nitrogens with zero attached hydrogens (tertiary/aromatic N) is 1. The molecule has 0 bridgehead atoms. The van der Waals surface area contributed by atoms with Crippen molar-refractivity contribution in [2.24, 2.45) is 0 Å². The first-order valence-corrected chi connectivity index (χ1v) is 5.87. The molecule has 0 spiro atoms. The highest BCUT2D eigenvalue weighted by molar-refractivity contribution is 7.49. The molecule has 2 unspecified atom stereocenters. The number of para-hydroxylation sites is 1. The summed E-state index contributed by atoms with van der Waals surface area (Å²) in [5, 5.41) is 0. The van der Waals surface area contributed by atoms with Crippen molar-refractivity contribution >= 4 is 14.2 Å². The molecule has 2 heterocycles. The summed E-state index contributed by atoms with van der Waals surface area (Å²) in [6.45, 7) is 0.800. The summed E-state index contributed by atoms with van der Waals surface area (Å²) in [6.07, 6.45) is 1.10. The van der Waals surface area contributed by atoms with E-state index < -0.39 is 8.53 Å². The van der Waals surface area contributed by atoms with Gasteiger partial charge in [0.15, 0.2) is 0 Å². The van der Waals surface area contributed by atoms with Gasteiger partial charge in [-0.25, -0.2) is 0 Å². The molecule has 0 N–H and O–H groups in total. The lowest BCUT2D eigenvalue weighted by atomic mass is 10.1. The van der Waals surface area contributed by atoms with Crippen molar-refractivity contribution in [3.63, 3.8) is 0 Å². The topological polar surface area (TPSA) is 21.7 Å². The van der Waals surface area contributed by atoms with Crippen LogP contribution >= 0.6 is 8.53 Å². The van der Waals surface area contributed by atoms with Gasteiger partial charge in [-0.15, -0.1) is 0 Å². The van der Waals surface area contributed by atoms with Gasteiger partial charge >= 0.3 is 0 Å². The SMILES string of the molecule is COP1OCC2Cc3ccccc3N21. The van der Waals surface area contributed by atoms with Crippen LogP contribution in [-0.4, -0.2) is 19.8 Å². The lowest BCUT2D eigenvalue weighted by Gasteiger charge is -2.21. The Morgan fingerprint density at radius 3 is 3.21 bits per heavy atom. The fourth-order valence-corrected chi connectivity index (χ4v) is 3.64. The Hall–Kier alpha value is -0.630. The Morgan fingerprint density at radius 2 is 2.36 bits per heavy atom. The fourth-order valence-electron chi connectivity index (χ4n) is 2.15. The van der Waals surface area contributed by atoms with E-state index in [0.29, 0.717) is 6.04 Å². The molecule has 3 rings (SSSR count). The number of fused-ring (bicyclic) bond motifs is 3. The maximum Gasteiger partial charge on any atom is 0.290 e. The average Bonchev–Trinajstić information content (AvgIpc) is 2.75. The van der Waals surface area contributed by atoms with Gasteiger partial charge in [-0.05, 0) is 18.1 Å². The van der Waals surface area contributed by atoms with Gasteiger partial charge in [0.05, 0.1) is 12.6 Å². The zero-order valence-electron chi connectivity index (χ0n) is 8.01. The van der Waals surface area contributed by atoms with E-state index in [-0.39, 0.29) is 0 Å². The molecule has 0 aromatic heterocycles. The summed E-state index contributed by atoms with van der Waals surface area (Å²) >= 11 is 0. The van der Waals surface area contributed by atoms with Crippen LogP contribution in [0.3, 0.4) is 0 Å². The second-order valence-corrected chi connectivity index (χ2v) is 5.08. The van der Waals surface area contributed by atoms with Crippen molar-refractivity contribution in [2.75, 3.05) is 18.4 Å². The van der Waals surface area contributed by atoms with Gasteiger partial charge in [-0.3, -0.25) is 0 Å². The van der Waals surface area contributed by atoms with Gasteiger partial charge in [0, 0.05) is 12.8 Å². The van der Waals surface area contributed by atoms with Crippen molar-refractivity contribution in [3.05, 3.63) is 29.8 Å². The quantitative estimate of drug-likeness (QED) is 0.662. The summed E-state index contributed by atoms with van der Waals surface area (Å²) in [5.74, 6) is 0. The largest absolute Gasteiger partial charge is 0.321 e. The third-order valence-corrected chi connectivity index (χ3v) is 4.33. The highest BCUT2D eigenvalue weighted by Crippen LogP contribution is 2.55. The molecular weight excluding hydrogens is 197 g/mol. The van der Waals surface area contributed by atoms with Gasteiger partial charge in [-0.1, -0.05) is 18.2 Å². The first-order chi connectivity index (χ1) is 6.90. The number of hydrogen-bond acceptors (Lipinski definition) is 3. The molecule has 1 aromatic carbocycles. The van der Waals surface area contributed by atoms with E-state index in [4.69, 9.17) is 9.05 Å². The monoisotopic (exact) mass is 209 g/mol. The number of anilines is 1. The molecule has 2 atom stereocenters. The van der Waals surface area contributed by atoms with E-state index in [2.05, 4.69) is 28.9 Å². The van der Waals surface area contributed by atoms with E-state index in [0.717, 1.165) is 13.0 Å². The minimum Gasteiger partial charge on any atom is -0.321 e. The molecule has 0 radical (unpaired) electrons. The molecule has 3 nitrogen and oxygen atoms in total. The van der Waals surface area contributed by atoms with Crippen LogP contribution in [0.15, 0.2) is 24.3 Å². The molecule has 1 aromatic rings. The van der Waals surface area contributed by atoms with Crippen molar-refractivity contribution < 1.29 is 9.05 Å². The van der Waals surface area contributed by atoms with Crippen molar-refractivity contribution in [3.8, 4) is 0 Å². The molecule has 4 heteroatoms. The second-order valence-electron chi connectivity index (χ2n) is 3.55. The van der Waals surface area contributed by atoms with Crippen LogP contribution in [0.4, 0.5) is 5.69 Å². The third-order valence-electron chi connectivity index (χ3n) is 2.75. The highest BCUT2D eigenvalue weighted by atomic mass is 31.2. The predicted molar refractivity (Wildman–Crippen MR) is 56.3 cm³/mol. The van der Waals surface area contributed by atoms with Crippen LogP contribution in [0.5, 0.6) is 0 Å². The van der Waals surface area contributed by atoms with Gasteiger partial charge in [0.25, 0.3) is 8.53 Å². The van der Waals surface area contributed by atoms with E-state index in [1.165, 1.54) is 11.3 Å². The zero-order valence-corrected chi connectivity index (χ0v) is 8.91. The molecule has 14 heavy (non-hydrogen) atoms. The van der Waals surface area contributed by atoms with Crippen LogP contribution in [-0.2, 0) is 15.5 Å². The van der Waals surface area contributed by atoms with Gasteiger partial charge in [-0.2, -0.15) is 0 Å². The summed E-state index contributed by atoms with van der Waals surface area (Å²) in [7, 11) is 0.881. The van der Waals surface area contributed by atoms with E-state index in [1.807, 2.05) is 0 Å². The van der Waals surface area contributed by atoms with E-state index in [9.17, 15) is 0 Å². The number of rotatable bonds is 1. The number of benzene rings is 1. The molecule has 0 aliphatic carbocycles. The molecule has 2 aliphatic rings. The predicted octanol–water partition coefficient (Wildman–Crippen LogP) is 2.32. The third kappa shape index (κ3) is 1.10. The normalized spacial score (nSPS) is 29.1. The first kappa shape index (κ1) is 8.66. The maximum absolute atomic E-state index is 5.59. The number of hydrogen-bond donors (Lipinski definition) is 0. The van der Waals surface area contributed by atoms with Crippen LogP contribution < -0.4 is 4.67 Å². The van der Waals surface area contributed by atoms with Gasteiger partial charge in [0.2, 0.25) is 0 Å². The van der Waals surface area contributed by atoms with Crippen molar-refractivity contribution in [2.45, 2.75) is 12.5 Å². The van der Waals surface area contributed by atoms with Gasteiger partial charge < -0.3 is 13.7 Å². The van der Waals surface area contributed by atoms with Gasteiger partial charge in [0.1, 0.15) is 0 Å². The summed E-state index contributed by atoms with van der Waals surface area (Å²) in [6, 6.07) is 9.01. The Morgan fingerprint density at radius 1 is 1.50 bits per heavy atom. The average molecular weight is 209 g/mol. The Bertz CT molecular complexity index is 356. The van der Waals surface area contributed by atoms with Crippen molar-refractivity contribution in [1.29, 1.82) is 0 Å². The minimum absolute atomic E-state index is 0.499. The van der Waals surface area contributed by atoms with Crippen LogP contribution in [0.1, 0.15) is 5.56 Å². The molecule has 2 aliphatic heterocycles. The Kier molecular flexibility index (Phi) is 1.98. The summed E-state index contributed by atoms with van der Waals surface area (Å²) in [4.78, 5) is 0. The lowest BCUT2D eigenvalue weighted by molar-refractivity contribution is 0.307. The van der Waals surface area contributed by atoms with Crippen molar-refractivity contribution in [1.82, 2.24) is 0 Å². The van der Waals surface area contributed by atoms with Crippen LogP contribution in [0.2, 0.25) is 0 Å². The Labute approximate surface area is 84.6 Å². The fraction of sp³-hybridized carbons (Fsp3) is 0.400. The van der Waals surface area contributed by atoms with Crippen LogP contribution in [0, 0.1) is 0 Å². The Balaban J connectivity index is 2.02. The maximum atomic E-state index is 5.59. The molecule has 1 fully saturated rings. The second kappa shape index (κ2) is 3.20. The summed E-state index contributed by atoms with van der Waals surface area (Å²) in [5.41, 5.74) is 2.72. The lowest BCUT2D eigenvalue weighted by Crippen LogP contribution is -2.22. The first-order valence-electron chi connectivity index (χ1n) is 4.74.